The Labute approximate surface area is 211 Å². The number of rotatable bonds is 10. The first-order valence-corrected chi connectivity index (χ1v) is 12.1. The largest absolute Gasteiger partial charge is 0.497 e. The van der Waals surface area contributed by atoms with Gasteiger partial charge in [0.2, 0.25) is 5.91 Å². The second-order valence-electron chi connectivity index (χ2n) is 9.86. The third-order valence-electron chi connectivity index (χ3n) is 5.93. The average molecular weight is 499 g/mol. The smallest absolute Gasteiger partial charge is 0.251 e. The van der Waals surface area contributed by atoms with Crippen LogP contribution in [0.4, 0.5) is 5.82 Å². The van der Waals surface area contributed by atoms with Crippen LogP contribution in [0.3, 0.4) is 0 Å². The Kier molecular flexibility index (Phi) is 7.65. The van der Waals surface area contributed by atoms with Crippen LogP contribution in [0.1, 0.15) is 34.1 Å². The molecular weight excluding hydrogens is 464 g/mol. The summed E-state index contributed by atoms with van der Waals surface area (Å²) >= 11 is 0. The van der Waals surface area contributed by atoms with Crippen LogP contribution in [-0.4, -0.2) is 64.7 Å². The molecule has 10 nitrogen and oxygen atoms in total. The van der Waals surface area contributed by atoms with E-state index in [1.165, 1.54) is 11.0 Å². The Morgan fingerprint density at radius 3 is 2.58 bits per heavy atom. The van der Waals surface area contributed by atoms with Gasteiger partial charge in [0, 0.05) is 18.3 Å². The molecule has 1 N–H and O–H groups in total. The van der Waals surface area contributed by atoms with Gasteiger partial charge in [0.05, 0.1) is 26.8 Å². The van der Waals surface area contributed by atoms with Crippen molar-refractivity contribution in [2.24, 2.45) is 5.92 Å². The van der Waals surface area contributed by atoms with Gasteiger partial charge < -0.3 is 29.2 Å². The molecule has 3 heterocycles. The van der Waals surface area contributed by atoms with Crippen molar-refractivity contribution in [3.8, 4) is 11.5 Å². The van der Waals surface area contributed by atoms with E-state index in [-0.39, 0.29) is 30.4 Å². The number of hydrogen-bond acceptors (Lipinski definition) is 7. The predicted molar refractivity (Wildman–Crippen MR) is 132 cm³/mol. The van der Waals surface area contributed by atoms with E-state index in [1.807, 2.05) is 27.7 Å². The van der Waals surface area contributed by atoms with Crippen molar-refractivity contribution in [3.63, 3.8) is 0 Å². The van der Waals surface area contributed by atoms with Crippen LogP contribution in [0.5, 0.6) is 11.5 Å². The van der Waals surface area contributed by atoms with Crippen LogP contribution < -0.4 is 14.8 Å². The molecule has 0 bridgehead atoms. The Bertz CT molecular complexity index is 1110. The molecule has 0 saturated carbocycles. The SMILES string of the molecule is COc1ccc(OC2=CC(=O)N([C@@H](CC(C)C)C(=O)Nc3ccn(C[C@@H]4COC(C)(C)O4)n3)C2)cc1. The highest BCUT2D eigenvalue weighted by Gasteiger charge is 2.35. The van der Waals surface area contributed by atoms with Crippen LogP contribution in [0.25, 0.3) is 0 Å². The van der Waals surface area contributed by atoms with Crippen LogP contribution in [-0.2, 0) is 25.6 Å². The van der Waals surface area contributed by atoms with Gasteiger partial charge in [-0.25, -0.2) is 0 Å². The normalized spacial score (nSPS) is 19.9. The number of methoxy groups -OCH3 is 1. The quantitative estimate of drug-likeness (QED) is 0.536. The number of nitrogens with zero attached hydrogens (tertiary/aromatic N) is 3. The number of benzene rings is 1. The Morgan fingerprint density at radius 1 is 1.22 bits per heavy atom. The van der Waals surface area contributed by atoms with E-state index in [0.29, 0.717) is 42.6 Å². The third-order valence-corrected chi connectivity index (χ3v) is 5.93. The van der Waals surface area contributed by atoms with Crippen molar-refractivity contribution >= 4 is 17.6 Å². The number of amides is 2. The second-order valence-corrected chi connectivity index (χ2v) is 9.86. The lowest BCUT2D eigenvalue weighted by molar-refractivity contribution is -0.139. The molecule has 2 atom stereocenters. The van der Waals surface area contributed by atoms with Gasteiger partial charge in [0.25, 0.3) is 5.91 Å². The van der Waals surface area contributed by atoms with Crippen molar-refractivity contribution < 1.29 is 28.5 Å². The van der Waals surface area contributed by atoms with Crippen LogP contribution in [0.2, 0.25) is 0 Å². The topological polar surface area (TPSA) is 104 Å². The van der Waals surface area contributed by atoms with Gasteiger partial charge in [-0.05, 0) is 50.5 Å². The highest BCUT2D eigenvalue weighted by molar-refractivity contribution is 5.99. The number of anilines is 1. The van der Waals surface area contributed by atoms with E-state index in [0.717, 1.165) is 0 Å². The first kappa shape index (κ1) is 25.7. The molecule has 1 saturated heterocycles. The summed E-state index contributed by atoms with van der Waals surface area (Å²) in [6.45, 7) is 8.98. The highest BCUT2D eigenvalue weighted by atomic mass is 16.7. The van der Waals surface area contributed by atoms with Gasteiger partial charge in [0.15, 0.2) is 11.6 Å². The average Bonchev–Trinajstić information content (AvgIpc) is 3.51. The van der Waals surface area contributed by atoms with Crippen molar-refractivity contribution in [1.82, 2.24) is 14.7 Å². The first-order valence-electron chi connectivity index (χ1n) is 12.1. The Morgan fingerprint density at radius 2 is 1.94 bits per heavy atom. The maximum absolute atomic E-state index is 13.3. The lowest BCUT2D eigenvalue weighted by Crippen LogP contribution is -2.46. The van der Waals surface area contributed by atoms with Gasteiger partial charge >= 0.3 is 0 Å². The predicted octanol–water partition coefficient (Wildman–Crippen LogP) is 3.20. The Hall–Kier alpha value is -3.37. The maximum Gasteiger partial charge on any atom is 0.251 e. The molecule has 1 aromatic carbocycles. The molecule has 194 valence electrons. The molecule has 0 radical (unpaired) electrons. The van der Waals surface area contributed by atoms with Crippen molar-refractivity contribution in [3.05, 3.63) is 48.4 Å². The molecule has 1 aromatic heterocycles. The molecule has 0 aliphatic carbocycles. The summed E-state index contributed by atoms with van der Waals surface area (Å²) in [7, 11) is 1.59. The molecule has 10 heteroatoms. The number of nitrogens with one attached hydrogen (secondary N) is 1. The van der Waals surface area contributed by atoms with E-state index in [2.05, 4.69) is 10.4 Å². The van der Waals surface area contributed by atoms with Gasteiger partial charge in [-0.3, -0.25) is 14.3 Å². The fourth-order valence-electron chi connectivity index (χ4n) is 4.26. The van der Waals surface area contributed by atoms with Crippen molar-refractivity contribution in [1.29, 1.82) is 0 Å². The zero-order chi connectivity index (χ0) is 25.9. The zero-order valence-corrected chi connectivity index (χ0v) is 21.4. The number of aromatic nitrogens is 2. The molecule has 2 amide bonds. The minimum atomic E-state index is -0.664. The monoisotopic (exact) mass is 498 g/mol. The summed E-state index contributed by atoms with van der Waals surface area (Å²) in [6.07, 6.45) is 3.61. The van der Waals surface area contributed by atoms with Gasteiger partial charge in [0.1, 0.15) is 29.4 Å². The molecule has 4 rings (SSSR count). The van der Waals surface area contributed by atoms with E-state index in [1.54, 1.807) is 48.3 Å². The van der Waals surface area contributed by atoms with E-state index >= 15 is 0 Å². The van der Waals surface area contributed by atoms with Crippen molar-refractivity contribution in [2.75, 3.05) is 25.6 Å². The Balaban J connectivity index is 1.38. The molecule has 0 spiro atoms. The highest BCUT2D eigenvalue weighted by Crippen LogP contribution is 2.25. The fourth-order valence-corrected chi connectivity index (χ4v) is 4.26. The molecule has 2 aliphatic heterocycles. The van der Waals surface area contributed by atoms with Crippen LogP contribution in [0, 0.1) is 5.92 Å². The van der Waals surface area contributed by atoms with Gasteiger partial charge in [-0.15, -0.1) is 0 Å². The van der Waals surface area contributed by atoms with Crippen molar-refractivity contribution in [2.45, 2.75) is 58.6 Å². The molecule has 36 heavy (non-hydrogen) atoms. The van der Waals surface area contributed by atoms with E-state index in [9.17, 15) is 9.59 Å². The van der Waals surface area contributed by atoms with Gasteiger partial charge in [-0.2, -0.15) is 5.10 Å². The van der Waals surface area contributed by atoms with E-state index < -0.39 is 11.8 Å². The van der Waals surface area contributed by atoms with Gasteiger partial charge in [-0.1, -0.05) is 13.8 Å². The number of hydrogen-bond donors (Lipinski definition) is 1. The summed E-state index contributed by atoms with van der Waals surface area (Å²) in [6, 6.07) is 8.17. The minimum absolute atomic E-state index is 0.116. The standard InChI is InChI=1S/C26H34N4O6/c1-17(2)12-22(30-15-20(13-24(30)31)35-19-8-6-18(33-5)7-9-19)25(32)27-23-10-11-29(28-23)14-21-16-34-26(3,4)36-21/h6-11,13,17,21-22H,12,14-16H2,1-5H3,(H,27,28,32)/t21-,22+/m1/s1. The third kappa shape index (κ3) is 6.44. The number of carbonyl (C=O) groups excluding carboxylic acids is 2. The lowest BCUT2D eigenvalue weighted by Gasteiger charge is -2.28. The summed E-state index contributed by atoms with van der Waals surface area (Å²) in [5.41, 5.74) is 0. The minimum Gasteiger partial charge on any atom is -0.497 e. The molecule has 2 aliphatic rings. The van der Waals surface area contributed by atoms with E-state index in [4.69, 9.17) is 18.9 Å². The molecule has 2 aromatic rings. The van der Waals surface area contributed by atoms with Crippen LogP contribution in [0.15, 0.2) is 48.4 Å². The fraction of sp³-hybridized carbons (Fsp3) is 0.500. The second kappa shape index (κ2) is 10.7. The number of carbonyl (C=O) groups is 2. The zero-order valence-electron chi connectivity index (χ0n) is 21.4. The summed E-state index contributed by atoms with van der Waals surface area (Å²) < 4.78 is 24.2. The summed E-state index contributed by atoms with van der Waals surface area (Å²) in [5, 5.41) is 7.32. The molecule has 1 fully saturated rings. The molecule has 0 unspecified atom stereocenters. The maximum atomic E-state index is 13.3. The lowest BCUT2D eigenvalue weighted by atomic mass is 10.0. The molecular formula is C26H34N4O6. The number of ether oxygens (including phenoxy) is 4. The summed E-state index contributed by atoms with van der Waals surface area (Å²) in [5.74, 6) is 1.25. The summed E-state index contributed by atoms with van der Waals surface area (Å²) in [4.78, 5) is 27.6. The van der Waals surface area contributed by atoms with Crippen LogP contribution >= 0.6 is 0 Å². The first-order chi connectivity index (χ1) is 17.1.